The number of hydrogen-bond acceptors (Lipinski definition) is 2. The van der Waals surface area contributed by atoms with Gasteiger partial charge in [-0.15, -0.1) is 0 Å². The van der Waals surface area contributed by atoms with E-state index in [4.69, 9.17) is 0 Å². The molecule has 84 heavy (non-hydrogen) atoms. The van der Waals surface area contributed by atoms with Gasteiger partial charge in [0.1, 0.15) is 0 Å². The van der Waals surface area contributed by atoms with E-state index in [0.717, 1.165) is 38.5 Å². The van der Waals surface area contributed by atoms with Crippen LogP contribution in [0.5, 0.6) is 0 Å². The van der Waals surface area contributed by atoms with Crippen molar-refractivity contribution in [1.29, 1.82) is 0 Å². The van der Waals surface area contributed by atoms with Crippen molar-refractivity contribution in [3.63, 3.8) is 0 Å². The lowest BCUT2D eigenvalue weighted by Gasteiger charge is -2.36. The average Bonchev–Trinajstić information content (AvgIpc) is 1.51. The fourth-order valence-electron chi connectivity index (χ4n) is 14.9. The van der Waals surface area contributed by atoms with E-state index < -0.39 is 0 Å². The second-order valence-corrected chi connectivity index (χ2v) is 23.6. The molecule has 398 valence electrons. The van der Waals surface area contributed by atoms with Gasteiger partial charge in [-0.3, -0.25) is 0 Å². The van der Waals surface area contributed by atoms with Crippen LogP contribution in [0.2, 0.25) is 0 Å². The van der Waals surface area contributed by atoms with Crippen LogP contribution in [-0.2, 0) is 12.8 Å². The van der Waals surface area contributed by atoms with Crippen molar-refractivity contribution in [2.24, 2.45) is 0 Å². The minimum atomic E-state index is 0.0747. The number of anilines is 4. The van der Waals surface area contributed by atoms with Crippen molar-refractivity contribution in [2.45, 2.75) is 50.6 Å². The Balaban J connectivity index is 1.00. The summed E-state index contributed by atoms with van der Waals surface area (Å²) >= 11 is 0. The molecule has 0 radical (unpaired) electrons. The maximum atomic E-state index is 2.64. The summed E-state index contributed by atoms with van der Waals surface area (Å²) in [5.74, 6) is 0. The summed E-state index contributed by atoms with van der Waals surface area (Å²) in [6, 6.07) is 88.3. The number of aryl methyl sites for hydroxylation is 1. The highest BCUT2D eigenvalue weighted by atomic mass is 15.2. The monoisotopic (exact) mass is 1070 g/mol. The minimum Gasteiger partial charge on any atom is -0.334 e. The quantitative estimate of drug-likeness (QED) is 0.111. The zero-order valence-electron chi connectivity index (χ0n) is 46.8. The van der Waals surface area contributed by atoms with Gasteiger partial charge < -0.3 is 9.80 Å². The van der Waals surface area contributed by atoms with E-state index in [0.29, 0.717) is 0 Å². The zero-order valence-corrected chi connectivity index (χ0v) is 46.8. The molecule has 0 bridgehead atoms. The first-order valence-electron chi connectivity index (χ1n) is 30.2. The second kappa shape index (κ2) is 19.9. The third-order valence-electron chi connectivity index (χ3n) is 18.9. The van der Waals surface area contributed by atoms with Crippen molar-refractivity contribution >= 4 is 110 Å². The van der Waals surface area contributed by atoms with Crippen molar-refractivity contribution in [3.8, 4) is 22.3 Å². The van der Waals surface area contributed by atoms with Crippen LogP contribution in [0, 0.1) is 0 Å². The molecule has 0 spiro atoms. The number of hydrogen-bond donors (Lipinski definition) is 0. The molecular formula is C82H60N2. The molecule has 13 aromatic rings. The lowest BCUT2D eigenvalue weighted by molar-refractivity contribution is 0.746. The van der Waals surface area contributed by atoms with E-state index in [1.54, 1.807) is 0 Å². The van der Waals surface area contributed by atoms with E-state index >= 15 is 0 Å². The molecule has 0 aliphatic heterocycles. The molecular weight excluding hydrogens is 1010 g/mol. The van der Waals surface area contributed by atoms with Crippen molar-refractivity contribution in [1.82, 2.24) is 0 Å². The van der Waals surface area contributed by atoms with Crippen molar-refractivity contribution in [2.75, 3.05) is 9.80 Å². The molecule has 2 heteroatoms. The molecule has 0 fully saturated rings. The van der Waals surface area contributed by atoms with E-state index in [1.807, 2.05) is 0 Å². The van der Waals surface area contributed by atoms with Crippen LogP contribution in [0.4, 0.5) is 22.7 Å². The molecule has 0 heterocycles. The highest BCUT2D eigenvalue weighted by Crippen LogP contribution is 2.52. The highest BCUT2D eigenvalue weighted by molar-refractivity contribution is 6.29. The summed E-state index contributed by atoms with van der Waals surface area (Å²) < 4.78 is 0. The van der Waals surface area contributed by atoms with E-state index in [1.165, 1.54) is 154 Å². The molecule has 4 aliphatic carbocycles. The SMILES string of the molecule is C1=CC2=C(C=CC(N(c3ccc4ccccc4c3)c3ccc4c(-c5cc6ccccc6c6ccccc56)c5cc(N(c6ccc7c(c6)C=CCC7)C6C=Cc7ccccc7C6)ccc5c(-c5cc6ccccc6c6ccccc56)c4c3)C2)CC1. The molecule has 0 saturated carbocycles. The number of rotatable bonds is 8. The summed E-state index contributed by atoms with van der Waals surface area (Å²) in [7, 11) is 0. The first-order valence-corrected chi connectivity index (χ1v) is 30.2. The third kappa shape index (κ3) is 8.07. The standard InChI is InChI=1S/C82H60N2/c1-5-21-57-45-63(37-33-53(57)17-1)83(64-38-34-54-18-2-6-22-58(54)46-64)67-41-43-75-79(51-67)81(77-49-61-25-9-11-27-69(61)71-29-13-15-31-73(71)77)76-44-42-68(52-80(76)82(75)78-50-62-26-10-12-28-70(62)72-30-14-16-32-74(72)78)84(65-39-35-55-19-3-7-23-59(55)47-65)66-40-36-56-20-4-8-24-60(56)48-66/h1,3,5-17,19,21-45,48-52,64-65H,2,4,18,20,46-47H2. The minimum absolute atomic E-state index is 0.0747. The molecule has 13 aromatic carbocycles. The van der Waals surface area contributed by atoms with Crippen molar-refractivity contribution in [3.05, 3.63) is 300 Å². The van der Waals surface area contributed by atoms with Gasteiger partial charge in [0, 0.05) is 22.7 Å². The van der Waals surface area contributed by atoms with Gasteiger partial charge in [0.25, 0.3) is 0 Å². The summed E-state index contributed by atoms with van der Waals surface area (Å²) in [5, 5.41) is 17.4. The Morgan fingerprint density at radius 1 is 0.286 bits per heavy atom. The molecule has 2 unspecified atom stereocenters. The Kier molecular flexibility index (Phi) is 11.5. The maximum absolute atomic E-state index is 2.64. The third-order valence-corrected chi connectivity index (χ3v) is 18.9. The number of nitrogens with zero attached hydrogens (tertiary/aromatic N) is 2. The Labute approximate surface area is 490 Å². The second-order valence-electron chi connectivity index (χ2n) is 23.6. The predicted molar refractivity (Wildman–Crippen MR) is 360 cm³/mol. The molecule has 0 aromatic heterocycles. The van der Waals surface area contributed by atoms with Gasteiger partial charge >= 0.3 is 0 Å². The topological polar surface area (TPSA) is 6.48 Å². The molecule has 0 N–H and O–H groups in total. The van der Waals surface area contributed by atoms with Gasteiger partial charge in [0.2, 0.25) is 0 Å². The molecule has 0 saturated heterocycles. The maximum Gasteiger partial charge on any atom is 0.0566 e. The Morgan fingerprint density at radius 3 is 1.49 bits per heavy atom. The Hall–Kier alpha value is -10.0. The van der Waals surface area contributed by atoms with Crippen LogP contribution < -0.4 is 9.80 Å². The van der Waals surface area contributed by atoms with Crippen molar-refractivity contribution < 1.29 is 0 Å². The lowest BCUT2D eigenvalue weighted by Crippen LogP contribution is -2.33. The van der Waals surface area contributed by atoms with Crippen LogP contribution >= 0.6 is 0 Å². The zero-order chi connectivity index (χ0) is 55.2. The Morgan fingerprint density at radius 2 is 0.798 bits per heavy atom. The number of allylic oxidation sites excluding steroid dienone is 5. The summed E-state index contributed by atoms with van der Waals surface area (Å²) in [6.07, 6.45) is 25.3. The first kappa shape index (κ1) is 48.7. The average molecular weight is 1070 g/mol. The largest absolute Gasteiger partial charge is 0.334 e. The number of benzene rings is 13. The van der Waals surface area contributed by atoms with Gasteiger partial charge in [0.05, 0.1) is 12.1 Å². The van der Waals surface area contributed by atoms with Gasteiger partial charge in [-0.05, 0) is 230 Å². The van der Waals surface area contributed by atoms with E-state index in [2.05, 4.69) is 289 Å². The van der Waals surface area contributed by atoms with Gasteiger partial charge in [0.15, 0.2) is 0 Å². The van der Waals surface area contributed by atoms with Gasteiger partial charge in [-0.25, -0.2) is 0 Å². The summed E-state index contributed by atoms with van der Waals surface area (Å²) in [6.45, 7) is 0. The normalized spacial score (nSPS) is 16.3. The summed E-state index contributed by atoms with van der Waals surface area (Å²) in [5.41, 5.74) is 18.0. The van der Waals surface area contributed by atoms with Crippen LogP contribution in [0.25, 0.3) is 110 Å². The summed E-state index contributed by atoms with van der Waals surface area (Å²) in [4.78, 5) is 5.27. The fourth-order valence-corrected chi connectivity index (χ4v) is 14.9. The van der Waals surface area contributed by atoms with Crippen LogP contribution in [0.15, 0.2) is 278 Å². The van der Waals surface area contributed by atoms with E-state index in [9.17, 15) is 0 Å². The van der Waals surface area contributed by atoms with Crippen LogP contribution in [0.1, 0.15) is 47.9 Å². The number of fused-ring (bicyclic) bond motifs is 11. The molecule has 17 rings (SSSR count). The molecule has 2 atom stereocenters. The lowest BCUT2D eigenvalue weighted by atomic mass is 9.81. The fraction of sp³-hybridized carbons (Fsp3) is 0.0976. The first-order chi connectivity index (χ1) is 41.6. The van der Waals surface area contributed by atoms with Gasteiger partial charge in [-0.2, -0.15) is 0 Å². The predicted octanol–water partition coefficient (Wildman–Crippen LogP) is 21.9. The molecule has 2 nitrogen and oxygen atoms in total. The van der Waals surface area contributed by atoms with Gasteiger partial charge in [-0.1, -0.05) is 218 Å². The van der Waals surface area contributed by atoms with E-state index in [-0.39, 0.29) is 12.1 Å². The molecule has 0 amide bonds. The molecule has 4 aliphatic rings. The smallest absolute Gasteiger partial charge is 0.0566 e. The highest BCUT2D eigenvalue weighted by Gasteiger charge is 2.30. The Bertz CT molecular complexity index is 5060. The van der Waals surface area contributed by atoms with Crippen LogP contribution in [-0.4, -0.2) is 12.1 Å². The van der Waals surface area contributed by atoms with Crippen LogP contribution in [0.3, 0.4) is 0 Å².